The molecule has 2 rings (SSSR count). The summed E-state index contributed by atoms with van der Waals surface area (Å²) in [4.78, 5) is 11.7. The monoisotopic (exact) mass is 284 g/mol. The minimum Gasteiger partial charge on any atom is -0.473 e. The second-order valence-corrected chi connectivity index (χ2v) is 4.83. The van der Waals surface area contributed by atoms with Gasteiger partial charge in [0, 0.05) is 6.54 Å². The number of hydrogen-bond acceptors (Lipinski definition) is 2. The van der Waals surface area contributed by atoms with Crippen molar-refractivity contribution in [2.24, 2.45) is 0 Å². The molecular formula is C17H20N2O2. The number of hydrogen-bond donors (Lipinski definition) is 2. The molecule has 0 aromatic heterocycles. The second kappa shape index (κ2) is 7.33. The predicted molar refractivity (Wildman–Crippen MR) is 83.2 cm³/mol. The summed E-state index contributed by atoms with van der Waals surface area (Å²) in [6, 6.07) is 15.4. The lowest BCUT2D eigenvalue weighted by Gasteiger charge is -2.12. The van der Waals surface area contributed by atoms with E-state index in [2.05, 4.69) is 10.6 Å². The van der Waals surface area contributed by atoms with Crippen molar-refractivity contribution in [2.45, 2.75) is 20.4 Å². The van der Waals surface area contributed by atoms with Gasteiger partial charge in [0.15, 0.2) is 6.73 Å². The minimum atomic E-state index is -0.246. The fraction of sp³-hybridized carbons (Fsp3) is 0.235. The molecule has 110 valence electrons. The number of benzene rings is 2. The molecule has 0 aliphatic rings. The van der Waals surface area contributed by atoms with Gasteiger partial charge < -0.3 is 15.4 Å². The summed E-state index contributed by atoms with van der Waals surface area (Å²) in [6.45, 7) is 4.67. The Kier molecular flexibility index (Phi) is 5.21. The Labute approximate surface area is 125 Å². The van der Waals surface area contributed by atoms with Gasteiger partial charge in [-0.1, -0.05) is 42.5 Å². The lowest BCUT2D eigenvalue weighted by atomic mass is 10.1. The SMILES string of the molecule is Cc1cccc(OCNC(=O)NCc2ccccc2)c1C. The number of amides is 2. The Balaban J connectivity index is 1.73. The highest BCUT2D eigenvalue weighted by molar-refractivity contribution is 5.73. The van der Waals surface area contributed by atoms with Crippen LogP contribution in [0.2, 0.25) is 0 Å². The molecule has 0 aliphatic carbocycles. The Morgan fingerprint density at radius 3 is 2.52 bits per heavy atom. The van der Waals surface area contributed by atoms with Crippen molar-refractivity contribution in [1.82, 2.24) is 10.6 Å². The zero-order valence-corrected chi connectivity index (χ0v) is 12.3. The number of carbonyl (C=O) groups excluding carboxylic acids is 1. The van der Waals surface area contributed by atoms with Gasteiger partial charge in [-0.25, -0.2) is 4.79 Å². The Hall–Kier alpha value is -2.49. The maximum Gasteiger partial charge on any atom is 0.317 e. The average Bonchev–Trinajstić information content (AvgIpc) is 2.50. The van der Waals surface area contributed by atoms with Crippen molar-refractivity contribution in [2.75, 3.05) is 6.73 Å². The van der Waals surface area contributed by atoms with Crippen LogP contribution in [0.5, 0.6) is 5.75 Å². The summed E-state index contributed by atoms with van der Waals surface area (Å²) in [5, 5.41) is 5.46. The smallest absolute Gasteiger partial charge is 0.317 e. The number of nitrogens with one attached hydrogen (secondary N) is 2. The summed E-state index contributed by atoms with van der Waals surface area (Å²) in [7, 11) is 0. The molecular weight excluding hydrogens is 264 g/mol. The third-order valence-electron chi connectivity index (χ3n) is 3.31. The molecule has 0 bridgehead atoms. The molecule has 0 atom stereocenters. The lowest BCUT2D eigenvalue weighted by molar-refractivity contribution is 0.223. The van der Waals surface area contributed by atoms with Gasteiger partial charge in [0.25, 0.3) is 0 Å². The van der Waals surface area contributed by atoms with Crippen molar-refractivity contribution in [3.63, 3.8) is 0 Å². The van der Waals surface area contributed by atoms with Gasteiger partial charge in [-0.15, -0.1) is 0 Å². The molecule has 4 nitrogen and oxygen atoms in total. The topological polar surface area (TPSA) is 50.4 Å². The predicted octanol–water partition coefficient (Wildman–Crippen LogP) is 3.14. The number of carbonyl (C=O) groups is 1. The van der Waals surface area contributed by atoms with Crippen LogP contribution in [0.3, 0.4) is 0 Å². The van der Waals surface area contributed by atoms with Gasteiger partial charge in [-0.2, -0.15) is 0 Å². The third-order valence-corrected chi connectivity index (χ3v) is 3.31. The highest BCUT2D eigenvalue weighted by atomic mass is 16.5. The van der Waals surface area contributed by atoms with E-state index in [0.717, 1.165) is 16.9 Å². The molecule has 4 heteroatoms. The van der Waals surface area contributed by atoms with E-state index >= 15 is 0 Å². The summed E-state index contributed by atoms with van der Waals surface area (Å²) in [5.41, 5.74) is 3.31. The fourth-order valence-corrected chi connectivity index (χ4v) is 1.90. The minimum absolute atomic E-state index is 0.144. The fourth-order valence-electron chi connectivity index (χ4n) is 1.90. The number of rotatable bonds is 5. The van der Waals surface area contributed by atoms with E-state index in [1.807, 2.05) is 62.4 Å². The van der Waals surface area contributed by atoms with Gasteiger partial charge >= 0.3 is 6.03 Å². The molecule has 2 N–H and O–H groups in total. The molecule has 2 amide bonds. The van der Waals surface area contributed by atoms with Gasteiger partial charge in [-0.05, 0) is 36.6 Å². The molecule has 0 saturated carbocycles. The largest absolute Gasteiger partial charge is 0.473 e. The van der Waals surface area contributed by atoms with Crippen LogP contribution >= 0.6 is 0 Å². The Morgan fingerprint density at radius 1 is 1.00 bits per heavy atom. The van der Waals surface area contributed by atoms with Crippen molar-refractivity contribution < 1.29 is 9.53 Å². The van der Waals surface area contributed by atoms with Gasteiger partial charge in [0.2, 0.25) is 0 Å². The first-order valence-corrected chi connectivity index (χ1v) is 6.91. The first-order valence-electron chi connectivity index (χ1n) is 6.91. The van der Waals surface area contributed by atoms with Crippen LogP contribution in [0.15, 0.2) is 48.5 Å². The summed E-state index contributed by atoms with van der Waals surface area (Å²) in [5.74, 6) is 0.790. The molecule has 0 radical (unpaired) electrons. The van der Waals surface area contributed by atoms with Crippen LogP contribution in [0.4, 0.5) is 4.79 Å². The maximum absolute atomic E-state index is 11.7. The molecule has 0 unspecified atom stereocenters. The van der Waals surface area contributed by atoms with E-state index in [1.165, 1.54) is 5.56 Å². The van der Waals surface area contributed by atoms with Gasteiger partial charge in [0.05, 0.1) is 0 Å². The zero-order chi connectivity index (χ0) is 15.1. The highest BCUT2D eigenvalue weighted by Gasteiger charge is 2.03. The first-order chi connectivity index (χ1) is 10.2. The molecule has 0 spiro atoms. The van der Waals surface area contributed by atoms with Crippen LogP contribution in [-0.2, 0) is 6.54 Å². The molecule has 2 aromatic carbocycles. The van der Waals surface area contributed by atoms with Crippen LogP contribution in [-0.4, -0.2) is 12.8 Å². The summed E-state index contributed by atoms with van der Waals surface area (Å²) >= 11 is 0. The normalized spacial score (nSPS) is 10.0. The van der Waals surface area contributed by atoms with E-state index in [9.17, 15) is 4.79 Å². The molecule has 0 heterocycles. The van der Waals surface area contributed by atoms with E-state index in [0.29, 0.717) is 6.54 Å². The van der Waals surface area contributed by atoms with Crippen molar-refractivity contribution >= 4 is 6.03 Å². The third kappa shape index (κ3) is 4.53. The Morgan fingerprint density at radius 2 is 1.76 bits per heavy atom. The number of urea groups is 1. The van der Waals surface area contributed by atoms with Crippen LogP contribution < -0.4 is 15.4 Å². The summed E-state index contributed by atoms with van der Waals surface area (Å²) < 4.78 is 5.57. The van der Waals surface area contributed by atoms with Crippen LogP contribution in [0, 0.1) is 13.8 Å². The highest BCUT2D eigenvalue weighted by Crippen LogP contribution is 2.19. The number of ether oxygens (including phenoxy) is 1. The van der Waals surface area contributed by atoms with E-state index in [1.54, 1.807) is 0 Å². The first kappa shape index (κ1) is 14.9. The Bertz CT molecular complexity index is 597. The lowest BCUT2D eigenvalue weighted by Crippen LogP contribution is -2.37. The molecule has 0 fully saturated rings. The summed E-state index contributed by atoms with van der Waals surface area (Å²) in [6.07, 6.45) is 0. The average molecular weight is 284 g/mol. The van der Waals surface area contributed by atoms with E-state index < -0.39 is 0 Å². The van der Waals surface area contributed by atoms with Crippen molar-refractivity contribution in [3.05, 3.63) is 65.2 Å². The zero-order valence-electron chi connectivity index (χ0n) is 12.3. The molecule has 0 aliphatic heterocycles. The van der Waals surface area contributed by atoms with Gasteiger partial charge in [-0.3, -0.25) is 0 Å². The standard InChI is InChI=1S/C17H20N2O2/c1-13-7-6-10-16(14(13)2)21-12-19-17(20)18-11-15-8-4-3-5-9-15/h3-10H,11-12H2,1-2H3,(H2,18,19,20). The van der Waals surface area contributed by atoms with Gasteiger partial charge in [0.1, 0.15) is 5.75 Å². The number of aryl methyl sites for hydroxylation is 1. The molecule has 2 aromatic rings. The second-order valence-electron chi connectivity index (χ2n) is 4.83. The quantitative estimate of drug-likeness (QED) is 0.829. The van der Waals surface area contributed by atoms with E-state index in [4.69, 9.17) is 4.74 Å². The molecule has 21 heavy (non-hydrogen) atoms. The van der Waals surface area contributed by atoms with Crippen molar-refractivity contribution in [1.29, 1.82) is 0 Å². The van der Waals surface area contributed by atoms with Crippen molar-refractivity contribution in [3.8, 4) is 5.75 Å². The molecule has 0 saturated heterocycles. The van der Waals surface area contributed by atoms with Crippen LogP contribution in [0.1, 0.15) is 16.7 Å². The maximum atomic E-state index is 11.7. The van der Waals surface area contributed by atoms with E-state index in [-0.39, 0.29) is 12.8 Å². The van der Waals surface area contributed by atoms with Crippen LogP contribution in [0.25, 0.3) is 0 Å².